The lowest BCUT2D eigenvalue weighted by atomic mass is 10.2. The van der Waals surface area contributed by atoms with E-state index in [2.05, 4.69) is 16.7 Å². The van der Waals surface area contributed by atoms with Crippen LogP contribution in [0.5, 0.6) is 0 Å². The van der Waals surface area contributed by atoms with Crippen molar-refractivity contribution in [3.8, 4) is 0 Å². The summed E-state index contributed by atoms with van der Waals surface area (Å²) in [5.41, 5.74) is -4.17. The fourth-order valence-electron chi connectivity index (χ4n) is 1.08. The number of rotatable bonds is 2. The van der Waals surface area contributed by atoms with Gasteiger partial charge in [-0.3, -0.25) is 4.79 Å². The Kier molecular flexibility index (Phi) is 3.56. The first-order valence-corrected chi connectivity index (χ1v) is 4.48. The third-order valence-electron chi connectivity index (χ3n) is 1.87. The van der Waals surface area contributed by atoms with Crippen LogP contribution in [0.15, 0.2) is 6.20 Å². The molecular weight excluding hydrogens is 316 g/mol. The van der Waals surface area contributed by atoms with Crippen molar-refractivity contribution in [3.63, 3.8) is 0 Å². The van der Waals surface area contributed by atoms with Gasteiger partial charge in [-0.05, 0) is 11.6 Å². The summed E-state index contributed by atoms with van der Waals surface area (Å²) in [6.45, 7) is 0. The van der Waals surface area contributed by atoms with Gasteiger partial charge in [0.15, 0.2) is 0 Å². The van der Waals surface area contributed by atoms with Gasteiger partial charge in [0.25, 0.3) is 5.24 Å². The van der Waals surface area contributed by atoms with E-state index in [-0.39, 0.29) is 6.20 Å². The molecule has 1 aromatic heterocycles. The number of alkyl halides is 8. The summed E-state index contributed by atoms with van der Waals surface area (Å²) in [7, 11) is 0. The van der Waals surface area contributed by atoms with Gasteiger partial charge in [-0.1, -0.05) is 0 Å². The molecule has 0 N–H and O–H groups in total. The summed E-state index contributed by atoms with van der Waals surface area (Å²) in [6, 6.07) is -5.81. The minimum absolute atomic E-state index is 0.338. The molecule has 0 aliphatic carbocycles. The Morgan fingerprint density at radius 1 is 1.11 bits per heavy atom. The lowest BCUT2D eigenvalue weighted by molar-refractivity contribution is -0.328. The summed E-state index contributed by atoms with van der Waals surface area (Å²) in [6.07, 6.45) is -11.9. The average molecular weight is 317 g/mol. The van der Waals surface area contributed by atoms with Crippen molar-refractivity contribution in [2.75, 3.05) is 0 Å². The molecule has 0 fully saturated rings. The van der Waals surface area contributed by atoms with Crippen LogP contribution in [0.1, 0.15) is 16.1 Å². The molecule has 0 saturated carbocycles. The van der Waals surface area contributed by atoms with Crippen LogP contribution in [-0.4, -0.2) is 21.2 Å². The van der Waals surface area contributed by atoms with Crippen LogP contribution >= 0.6 is 11.6 Å². The summed E-state index contributed by atoms with van der Waals surface area (Å²) in [5, 5.41) is 0.119. The Morgan fingerprint density at radius 3 is 1.89 bits per heavy atom. The van der Waals surface area contributed by atoms with Gasteiger partial charge in [0, 0.05) is 0 Å². The van der Waals surface area contributed by atoms with Gasteiger partial charge < -0.3 is 0 Å². The van der Waals surface area contributed by atoms with Crippen molar-refractivity contribution in [3.05, 3.63) is 17.5 Å². The number of nitrogens with zero attached hydrogens (tertiary/aromatic N) is 2. The van der Waals surface area contributed by atoms with Crippen molar-refractivity contribution in [1.82, 2.24) is 9.78 Å². The van der Waals surface area contributed by atoms with Gasteiger partial charge in [-0.15, -0.1) is 0 Å². The fourth-order valence-corrected chi connectivity index (χ4v) is 1.26. The smallest absolute Gasteiger partial charge is 0.274 e. The van der Waals surface area contributed by atoms with Crippen LogP contribution in [0, 0.1) is 0 Å². The van der Waals surface area contributed by atoms with Gasteiger partial charge in [0.1, 0.15) is 11.3 Å². The molecule has 19 heavy (non-hydrogen) atoms. The molecule has 0 unspecified atom stereocenters. The van der Waals surface area contributed by atoms with Crippen molar-refractivity contribution >= 4 is 16.8 Å². The van der Waals surface area contributed by atoms with E-state index in [0.717, 1.165) is 0 Å². The van der Waals surface area contributed by atoms with Gasteiger partial charge in [-0.2, -0.15) is 44.9 Å². The van der Waals surface area contributed by atoms with Crippen LogP contribution in [0.3, 0.4) is 0 Å². The van der Waals surface area contributed by atoms with E-state index >= 15 is 0 Å². The average Bonchev–Trinajstić information content (AvgIpc) is 2.58. The second-order valence-electron chi connectivity index (χ2n) is 3.13. The Labute approximate surface area is 103 Å². The topological polar surface area (TPSA) is 34.9 Å². The summed E-state index contributed by atoms with van der Waals surface area (Å²) in [4.78, 5) is 10.7. The Balaban J connectivity index is 3.56. The molecule has 1 aromatic rings. The van der Waals surface area contributed by atoms with Crippen molar-refractivity contribution in [2.24, 2.45) is 0 Å². The molecule has 1 heterocycles. The number of aromatic nitrogens is 2. The van der Waals surface area contributed by atoms with E-state index in [4.69, 9.17) is 0 Å². The highest BCUT2D eigenvalue weighted by Crippen LogP contribution is 2.42. The Bertz CT molecular complexity index is 502. The molecule has 0 aliphatic rings. The van der Waals surface area contributed by atoms with E-state index in [0.29, 0.717) is 0 Å². The lowest BCUT2D eigenvalue weighted by Gasteiger charge is -2.21. The van der Waals surface area contributed by atoms with Crippen LogP contribution in [0.25, 0.3) is 0 Å². The predicted molar refractivity (Wildman–Crippen MR) is 43.7 cm³/mol. The molecule has 0 aliphatic heterocycles. The molecular formula is C7HClF8N2O. The monoisotopic (exact) mass is 316 g/mol. The number of hydrogen-bond donors (Lipinski definition) is 0. The largest absolute Gasteiger partial charge is 0.477 e. The van der Waals surface area contributed by atoms with Gasteiger partial charge in [0.2, 0.25) is 0 Å². The van der Waals surface area contributed by atoms with E-state index in [1.165, 1.54) is 0 Å². The summed E-state index contributed by atoms with van der Waals surface area (Å²) >= 11 is 4.62. The molecule has 0 radical (unpaired) electrons. The van der Waals surface area contributed by atoms with Gasteiger partial charge in [-0.25, -0.2) is 0 Å². The molecule has 0 aromatic carbocycles. The first-order chi connectivity index (χ1) is 8.30. The fraction of sp³-hybridized carbons (Fsp3) is 0.429. The highest BCUT2D eigenvalue weighted by Gasteiger charge is 2.62. The first kappa shape index (κ1) is 15.7. The Hall–Kier alpha value is -1.39. The highest BCUT2D eigenvalue weighted by molar-refractivity contribution is 6.67. The molecule has 3 nitrogen and oxygen atoms in total. The molecule has 1 rings (SSSR count). The summed E-state index contributed by atoms with van der Waals surface area (Å²) in [5.74, 6) is 0. The molecule has 0 amide bonds. The van der Waals surface area contributed by atoms with E-state index in [1.807, 2.05) is 0 Å². The molecule has 0 spiro atoms. The standard InChI is InChI=1S/C7HClF8N2O/c8-4(19)3-2(5(9,10)11)1-17-18(3)7(15,16)6(12,13)14/h1H. The zero-order valence-corrected chi connectivity index (χ0v) is 9.04. The van der Waals surface area contributed by atoms with E-state index < -0.39 is 39.6 Å². The van der Waals surface area contributed by atoms with Gasteiger partial charge in [0.05, 0.1) is 6.20 Å². The number of hydrogen-bond acceptors (Lipinski definition) is 2. The zero-order chi connectivity index (χ0) is 15.2. The third kappa shape index (κ3) is 2.65. The minimum Gasteiger partial charge on any atom is -0.274 e. The quantitative estimate of drug-likeness (QED) is 0.619. The lowest BCUT2D eigenvalue weighted by Crippen LogP contribution is -2.41. The van der Waals surface area contributed by atoms with E-state index in [1.54, 1.807) is 0 Å². The maximum Gasteiger partial charge on any atom is 0.477 e. The molecule has 0 saturated heterocycles. The number of halogens is 9. The maximum atomic E-state index is 12.9. The highest BCUT2D eigenvalue weighted by atomic mass is 35.5. The van der Waals surface area contributed by atoms with Crippen molar-refractivity contribution in [2.45, 2.75) is 18.4 Å². The van der Waals surface area contributed by atoms with Gasteiger partial charge >= 0.3 is 18.4 Å². The second-order valence-corrected chi connectivity index (χ2v) is 3.47. The normalized spacial score (nSPS) is 13.7. The van der Waals surface area contributed by atoms with Crippen molar-refractivity contribution < 1.29 is 39.9 Å². The second kappa shape index (κ2) is 4.32. The van der Waals surface area contributed by atoms with Crippen LogP contribution in [-0.2, 0) is 12.2 Å². The SMILES string of the molecule is O=C(Cl)c1c(C(F)(F)F)cnn1C(F)(F)C(F)(F)F. The van der Waals surface area contributed by atoms with Crippen LogP contribution in [0.4, 0.5) is 35.1 Å². The molecule has 12 heteroatoms. The first-order valence-electron chi connectivity index (χ1n) is 4.10. The van der Waals surface area contributed by atoms with Crippen LogP contribution < -0.4 is 0 Å². The molecule has 0 atom stereocenters. The Morgan fingerprint density at radius 2 is 1.58 bits per heavy atom. The predicted octanol–water partition coefficient (Wildman–Crippen LogP) is 3.39. The molecule has 108 valence electrons. The number of carbonyl (C=O) groups is 1. The van der Waals surface area contributed by atoms with E-state index in [9.17, 15) is 39.9 Å². The minimum atomic E-state index is -6.25. The maximum absolute atomic E-state index is 12.9. The third-order valence-corrected chi connectivity index (χ3v) is 2.05. The zero-order valence-electron chi connectivity index (χ0n) is 8.28. The van der Waals surface area contributed by atoms with Crippen molar-refractivity contribution in [1.29, 1.82) is 0 Å². The summed E-state index contributed by atoms with van der Waals surface area (Å²) < 4.78 is 97.4. The molecule has 0 bridgehead atoms. The van der Waals surface area contributed by atoms with Crippen LogP contribution in [0.2, 0.25) is 0 Å². The number of carbonyl (C=O) groups excluding carboxylic acids is 1.